The van der Waals surface area contributed by atoms with Crippen molar-refractivity contribution in [2.75, 3.05) is 7.11 Å². The summed E-state index contributed by atoms with van der Waals surface area (Å²) in [5.74, 6) is 0.0688. The molecule has 0 radical (unpaired) electrons. The average molecular weight is 572 g/mol. The van der Waals surface area contributed by atoms with Crippen LogP contribution in [0.25, 0.3) is 16.6 Å². The first-order valence-electron chi connectivity index (χ1n) is 13.4. The molecule has 0 aliphatic rings. The molecule has 1 amide bonds. The van der Waals surface area contributed by atoms with E-state index in [0.717, 1.165) is 17.7 Å². The molecule has 0 N–H and O–H groups in total. The fourth-order valence-electron chi connectivity index (χ4n) is 5.06. The Labute approximate surface area is 240 Å². The van der Waals surface area contributed by atoms with Crippen LogP contribution in [0.4, 0.5) is 13.2 Å². The zero-order chi connectivity index (χ0) is 29.9. The molecule has 0 saturated carbocycles. The molecule has 0 fully saturated rings. The van der Waals surface area contributed by atoms with E-state index in [1.54, 1.807) is 48.5 Å². The molecule has 9 heteroatoms. The van der Waals surface area contributed by atoms with Gasteiger partial charge in [0.2, 0.25) is 0 Å². The summed E-state index contributed by atoms with van der Waals surface area (Å²) in [6, 6.07) is 26.6. The topological polar surface area (TPSA) is 64.4 Å². The van der Waals surface area contributed by atoms with E-state index in [4.69, 9.17) is 9.72 Å². The van der Waals surface area contributed by atoms with E-state index < -0.39 is 23.7 Å². The number of carbonyl (C=O) groups is 1. The highest BCUT2D eigenvalue weighted by atomic mass is 19.4. The molecule has 0 aliphatic carbocycles. The van der Waals surface area contributed by atoms with Crippen LogP contribution in [0, 0.1) is 0 Å². The minimum atomic E-state index is -4.62. The van der Waals surface area contributed by atoms with Gasteiger partial charge in [-0.2, -0.15) is 13.2 Å². The van der Waals surface area contributed by atoms with Gasteiger partial charge in [-0.05, 0) is 54.4 Å². The van der Waals surface area contributed by atoms with Gasteiger partial charge < -0.3 is 9.64 Å². The second kappa shape index (κ2) is 11.9. The molecule has 6 nitrogen and oxygen atoms in total. The maximum Gasteiger partial charge on any atom is 0.416 e. The van der Waals surface area contributed by atoms with E-state index >= 15 is 0 Å². The van der Waals surface area contributed by atoms with Crippen molar-refractivity contribution in [3.8, 4) is 11.4 Å². The molecule has 5 aromatic rings. The summed E-state index contributed by atoms with van der Waals surface area (Å²) in [6.07, 6.45) is -4.30. The summed E-state index contributed by atoms with van der Waals surface area (Å²) in [5.41, 5.74) is 0.242. The molecule has 4 aromatic carbocycles. The number of fused-ring (bicyclic) bond motifs is 1. The third kappa shape index (κ3) is 5.63. The van der Waals surface area contributed by atoms with Crippen LogP contribution >= 0.6 is 0 Å². The van der Waals surface area contributed by atoms with E-state index in [9.17, 15) is 22.8 Å². The molecule has 1 aromatic heterocycles. The number of rotatable bonds is 8. The molecule has 1 atom stereocenters. The van der Waals surface area contributed by atoms with Crippen molar-refractivity contribution < 1.29 is 22.7 Å². The second-order valence-corrected chi connectivity index (χ2v) is 9.72. The van der Waals surface area contributed by atoms with Gasteiger partial charge in [-0.3, -0.25) is 14.2 Å². The number of hydrogen-bond acceptors (Lipinski definition) is 4. The normalized spacial score (nSPS) is 12.2. The summed E-state index contributed by atoms with van der Waals surface area (Å²) in [7, 11) is 1.49. The lowest BCUT2D eigenvalue weighted by Crippen LogP contribution is -2.38. The third-order valence-corrected chi connectivity index (χ3v) is 7.08. The summed E-state index contributed by atoms with van der Waals surface area (Å²) in [6.45, 7) is 1.92. The number of para-hydroxylation sites is 3. The van der Waals surface area contributed by atoms with E-state index in [0.29, 0.717) is 28.8 Å². The molecular formula is C33H28F3N3O3. The lowest BCUT2D eigenvalue weighted by molar-refractivity contribution is -0.137. The molecule has 214 valence electrons. The van der Waals surface area contributed by atoms with Crippen LogP contribution in [0.5, 0.6) is 5.75 Å². The summed E-state index contributed by atoms with van der Waals surface area (Å²) < 4.78 is 47.8. The Morgan fingerprint density at radius 3 is 2.33 bits per heavy atom. The first kappa shape index (κ1) is 28.6. The molecule has 0 spiro atoms. The molecule has 1 heterocycles. The number of methoxy groups -OCH3 is 1. The SMILES string of the molecule is CCC(c1nc2ccccc2c(=O)n1-c1ccccc1OC)N(Cc1ccccc1)C(=O)c1cccc(C(F)(F)F)c1. The Kier molecular flexibility index (Phi) is 8.10. The summed E-state index contributed by atoms with van der Waals surface area (Å²) >= 11 is 0. The zero-order valence-corrected chi connectivity index (χ0v) is 23.0. The van der Waals surface area contributed by atoms with Gasteiger partial charge in [-0.25, -0.2) is 4.98 Å². The van der Waals surface area contributed by atoms with E-state index in [1.165, 1.54) is 28.7 Å². The Hall–Kier alpha value is -4.92. The highest BCUT2D eigenvalue weighted by Gasteiger charge is 2.34. The quantitative estimate of drug-likeness (QED) is 0.198. The van der Waals surface area contributed by atoms with Crippen LogP contribution in [-0.4, -0.2) is 27.5 Å². The molecule has 0 bridgehead atoms. The number of aromatic nitrogens is 2. The van der Waals surface area contributed by atoms with E-state index in [2.05, 4.69) is 0 Å². The Morgan fingerprint density at radius 1 is 0.929 bits per heavy atom. The smallest absolute Gasteiger partial charge is 0.416 e. The number of amides is 1. The van der Waals surface area contributed by atoms with Crippen LogP contribution in [0.1, 0.15) is 46.7 Å². The Bertz CT molecular complexity index is 1780. The van der Waals surface area contributed by atoms with Gasteiger partial charge in [0.1, 0.15) is 11.6 Å². The van der Waals surface area contributed by atoms with Crippen molar-refractivity contribution in [3.05, 3.63) is 136 Å². The minimum absolute atomic E-state index is 0.0725. The maximum absolute atomic E-state index is 14.1. The van der Waals surface area contributed by atoms with Crippen molar-refractivity contribution in [2.24, 2.45) is 0 Å². The first-order valence-corrected chi connectivity index (χ1v) is 13.4. The van der Waals surface area contributed by atoms with Crippen molar-refractivity contribution >= 4 is 16.8 Å². The fourth-order valence-corrected chi connectivity index (χ4v) is 5.06. The van der Waals surface area contributed by atoms with Gasteiger partial charge in [-0.1, -0.05) is 67.6 Å². The van der Waals surface area contributed by atoms with Crippen molar-refractivity contribution in [3.63, 3.8) is 0 Å². The largest absolute Gasteiger partial charge is 0.495 e. The molecule has 0 aliphatic heterocycles. The molecule has 0 saturated heterocycles. The van der Waals surface area contributed by atoms with Crippen LogP contribution in [-0.2, 0) is 12.7 Å². The fraction of sp³-hybridized carbons (Fsp3) is 0.182. The first-order chi connectivity index (χ1) is 20.2. The van der Waals surface area contributed by atoms with Gasteiger partial charge in [0, 0.05) is 12.1 Å². The monoisotopic (exact) mass is 571 g/mol. The predicted octanol–water partition coefficient (Wildman–Crippen LogP) is 7.21. The maximum atomic E-state index is 14.1. The number of alkyl halides is 3. The standard InChI is InChI=1S/C33H28F3N3O3/c1-3-27(30-37-26-17-8-7-16-25(26)32(41)39(30)28-18-9-10-19-29(28)42-2)38(21-22-12-5-4-6-13-22)31(40)23-14-11-15-24(20-23)33(34,35)36/h4-20,27H,3,21H2,1-2H3. The van der Waals surface area contributed by atoms with Gasteiger partial charge in [0.15, 0.2) is 0 Å². The van der Waals surface area contributed by atoms with Crippen LogP contribution in [0.15, 0.2) is 108 Å². The number of carbonyl (C=O) groups excluding carboxylic acids is 1. The third-order valence-electron chi connectivity index (χ3n) is 7.08. The van der Waals surface area contributed by atoms with Crippen molar-refractivity contribution in [2.45, 2.75) is 32.1 Å². The van der Waals surface area contributed by atoms with Gasteiger partial charge in [0.05, 0.1) is 35.3 Å². The summed E-state index contributed by atoms with van der Waals surface area (Å²) in [5, 5.41) is 0.376. The van der Waals surface area contributed by atoms with Gasteiger partial charge in [-0.15, -0.1) is 0 Å². The van der Waals surface area contributed by atoms with Gasteiger partial charge in [0.25, 0.3) is 11.5 Å². The molecular weight excluding hydrogens is 543 g/mol. The second-order valence-electron chi connectivity index (χ2n) is 9.72. The van der Waals surface area contributed by atoms with Crippen LogP contribution < -0.4 is 10.3 Å². The number of ether oxygens (including phenoxy) is 1. The predicted molar refractivity (Wildman–Crippen MR) is 155 cm³/mol. The minimum Gasteiger partial charge on any atom is -0.495 e. The van der Waals surface area contributed by atoms with Crippen LogP contribution in [0.3, 0.4) is 0 Å². The summed E-state index contributed by atoms with van der Waals surface area (Å²) in [4.78, 5) is 34.6. The molecule has 5 rings (SSSR count). The van der Waals surface area contributed by atoms with E-state index in [-0.39, 0.29) is 23.5 Å². The lowest BCUT2D eigenvalue weighted by Gasteiger charge is -2.33. The Morgan fingerprint density at radius 2 is 1.62 bits per heavy atom. The number of nitrogens with zero attached hydrogens (tertiary/aromatic N) is 3. The molecule has 42 heavy (non-hydrogen) atoms. The van der Waals surface area contributed by atoms with E-state index in [1.807, 2.05) is 37.3 Å². The van der Waals surface area contributed by atoms with Crippen molar-refractivity contribution in [1.29, 1.82) is 0 Å². The van der Waals surface area contributed by atoms with Crippen molar-refractivity contribution in [1.82, 2.24) is 14.5 Å². The van der Waals surface area contributed by atoms with Crippen LogP contribution in [0.2, 0.25) is 0 Å². The number of hydrogen-bond donors (Lipinski definition) is 0. The zero-order valence-electron chi connectivity index (χ0n) is 23.0. The Balaban J connectivity index is 1.75. The number of halogens is 3. The average Bonchev–Trinajstić information content (AvgIpc) is 3.01. The highest BCUT2D eigenvalue weighted by molar-refractivity contribution is 5.94. The molecule has 1 unspecified atom stereocenters. The number of benzene rings is 4. The van der Waals surface area contributed by atoms with Gasteiger partial charge >= 0.3 is 6.18 Å². The lowest BCUT2D eigenvalue weighted by atomic mass is 10.0. The highest BCUT2D eigenvalue weighted by Crippen LogP contribution is 2.33.